The summed E-state index contributed by atoms with van der Waals surface area (Å²) in [6.45, 7) is 3.98. The Balaban J connectivity index is 2.92. The van der Waals surface area contributed by atoms with Crippen molar-refractivity contribution in [1.82, 2.24) is 9.97 Å². The summed E-state index contributed by atoms with van der Waals surface area (Å²) >= 11 is 11.5. The zero-order valence-electron chi connectivity index (χ0n) is 6.81. The molecule has 0 spiro atoms. The molecule has 1 aromatic rings. The van der Waals surface area contributed by atoms with Gasteiger partial charge in [-0.25, -0.2) is 9.97 Å². The molecule has 66 valence electrons. The van der Waals surface area contributed by atoms with Crippen molar-refractivity contribution in [3.05, 3.63) is 16.5 Å². The van der Waals surface area contributed by atoms with Crippen LogP contribution in [0.3, 0.4) is 0 Å². The van der Waals surface area contributed by atoms with Gasteiger partial charge in [0.2, 0.25) is 0 Å². The summed E-state index contributed by atoms with van der Waals surface area (Å²) in [4.78, 5) is 7.67. The highest BCUT2D eigenvalue weighted by Crippen LogP contribution is 2.25. The van der Waals surface area contributed by atoms with Gasteiger partial charge in [0.05, 0.1) is 0 Å². The predicted molar refractivity (Wildman–Crippen MR) is 50.8 cm³/mol. The first kappa shape index (κ1) is 9.55. The van der Waals surface area contributed by atoms with Gasteiger partial charge in [-0.1, -0.05) is 23.2 Å². The summed E-state index contributed by atoms with van der Waals surface area (Å²) in [6, 6.07) is 0.272. The van der Waals surface area contributed by atoms with E-state index in [1.54, 1.807) is 0 Å². The van der Waals surface area contributed by atoms with Crippen molar-refractivity contribution in [2.45, 2.75) is 19.9 Å². The summed E-state index contributed by atoms with van der Waals surface area (Å²) < 4.78 is 0. The van der Waals surface area contributed by atoms with E-state index in [-0.39, 0.29) is 11.2 Å². The molecule has 0 atom stereocenters. The van der Waals surface area contributed by atoms with Gasteiger partial charge in [0, 0.05) is 6.04 Å². The fourth-order valence-electron chi connectivity index (χ4n) is 0.722. The van der Waals surface area contributed by atoms with Crippen molar-refractivity contribution in [3.63, 3.8) is 0 Å². The Kier molecular flexibility index (Phi) is 3.12. The lowest BCUT2D eigenvalue weighted by Gasteiger charge is -2.09. The number of nitrogens with one attached hydrogen (secondary N) is 1. The molecule has 12 heavy (non-hydrogen) atoms. The Labute approximate surface area is 81.1 Å². The van der Waals surface area contributed by atoms with E-state index in [4.69, 9.17) is 23.2 Å². The van der Waals surface area contributed by atoms with Crippen molar-refractivity contribution in [3.8, 4) is 0 Å². The van der Waals surface area contributed by atoms with E-state index in [1.807, 2.05) is 13.8 Å². The normalized spacial score (nSPS) is 10.4. The third-order valence-electron chi connectivity index (χ3n) is 1.17. The zero-order valence-corrected chi connectivity index (χ0v) is 8.32. The average molecular weight is 206 g/mol. The maximum atomic E-state index is 5.82. The molecular weight excluding hydrogens is 197 g/mol. The lowest BCUT2D eigenvalue weighted by Crippen LogP contribution is -2.11. The minimum absolute atomic E-state index is 0.272. The molecule has 0 amide bonds. The minimum Gasteiger partial charge on any atom is -0.367 e. The molecule has 1 rings (SSSR count). The van der Waals surface area contributed by atoms with Crippen LogP contribution in [0.4, 0.5) is 5.82 Å². The minimum atomic E-state index is 0.272. The average Bonchev–Trinajstić information content (AvgIpc) is 1.98. The van der Waals surface area contributed by atoms with Crippen LogP contribution in [0.15, 0.2) is 6.33 Å². The summed E-state index contributed by atoms with van der Waals surface area (Å²) in [6.07, 6.45) is 1.37. The standard InChI is InChI=1S/C7H9Cl2N3/c1-4(2)12-7-5(8)6(9)10-3-11-7/h3-4H,1-2H3,(H,10,11,12). The molecule has 0 aliphatic heterocycles. The highest BCUT2D eigenvalue weighted by molar-refractivity contribution is 6.42. The third kappa shape index (κ3) is 2.22. The predicted octanol–water partition coefficient (Wildman–Crippen LogP) is 2.60. The van der Waals surface area contributed by atoms with Gasteiger partial charge < -0.3 is 5.32 Å². The van der Waals surface area contributed by atoms with Crippen LogP contribution in [-0.4, -0.2) is 16.0 Å². The van der Waals surface area contributed by atoms with Crippen LogP contribution in [0.25, 0.3) is 0 Å². The number of aromatic nitrogens is 2. The summed E-state index contributed by atoms with van der Waals surface area (Å²) in [5.41, 5.74) is 0. The van der Waals surface area contributed by atoms with E-state index < -0.39 is 0 Å². The van der Waals surface area contributed by atoms with Crippen molar-refractivity contribution in [2.75, 3.05) is 5.32 Å². The van der Waals surface area contributed by atoms with E-state index in [0.29, 0.717) is 10.8 Å². The Morgan fingerprint density at radius 1 is 1.33 bits per heavy atom. The molecule has 3 nitrogen and oxygen atoms in total. The van der Waals surface area contributed by atoms with Gasteiger partial charge in [-0.2, -0.15) is 0 Å². The fourth-order valence-corrected chi connectivity index (χ4v) is 1.01. The molecule has 1 N–H and O–H groups in total. The number of rotatable bonds is 2. The van der Waals surface area contributed by atoms with E-state index in [2.05, 4.69) is 15.3 Å². The first-order chi connectivity index (χ1) is 5.61. The van der Waals surface area contributed by atoms with Crippen LogP contribution < -0.4 is 5.32 Å². The third-order valence-corrected chi connectivity index (χ3v) is 1.91. The highest BCUT2D eigenvalue weighted by atomic mass is 35.5. The van der Waals surface area contributed by atoms with Crippen LogP contribution in [-0.2, 0) is 0 Å². The maximum absolute atomic E-state index is 5.82. The van der Waals surface area contributed by atoms with Crippen LogP contribution in [0, 0.1) is 0 Å². The Morgan fingerprint density at radius 3 is 2.58 bits per heavy atom. The molecule has 0 aliphatic carbocycles. The first-order valence-corrected chi connectivity index (χ1v) is 4.29. The van der Waals surface area contributed by atoms with E-state index in [9.17, 15) is 0 Å². The molecule has 1 aromatic heterocycles. The second kappa shape index (κ2) is 3.92. The molecule has 0 saturated carbocycles. The van der Waals surface area contributed by atoms with Gasteiger partial charge in [-0.05, 0) is 13.8 Å². The smallest absolute Gasteiger partial charge is 0.153 e. The van der Waals surface area contributed by atoms with Gasteiger partial charge >= 0.3 is 0 Å². The number of halogens is 2. The number of hydrogen-bond donors (Lipinski definition) is 1. The highest BCUT2D eigenvalue weighted by Gasteiger charge is 2.06. The molecule has 5 heteroatoms. The van der Waals surface area contributed by atoms with Gasteiger partial charge in [0.25, 0.3) is 0 Å². The molecule has 0 bridgehead atoms. The summed E-state index contributed by atoms with van der Waals surface area (Å²) in [5, 5.41) is 3.69. The lowest BCUT2D eigenvalue weighted by molar-refractivity contribution is 0.886. The molecule has 0 radical (unpaired) electrons. The van der Waals surface area contributed by atoms with Gasteiger partial charge in [-0.3, -0.25) is 0 Å². The van der Waals surface area contributed by atoms with Crippen molar-refractivity contribution < 1.29 is 0 Å². The topological polar surface area (TPSA) is 37.8 Å². The van der Waals surface area contributed by atoms with Crippen LogP contribution in [0.1, 0.15) is 13.8 Å². The molecule has 0 aliphatic rings. The van der Waals surface area contributed by atoms with E-state index >= 15 is 0 Å². The fraction of sp³-hybridized carbons (Fsp3) is 0.429. The summed E-state index contributed by atoms with van der Waals surface area (Å²) in [7, 11) is 0. The monoisotopic (exact) mass is 205 g/mol. The van der Waals surface area contributed by atoms with Crippen LogP contribution >= 0.6 is 23.2 Å². The van der Waals surface area contributed by atoms with Crippen molar-refractivity contribution in [2.24, 2.45) is 0 Å². The molecular formula is C7H9Cl2N3. The largest absolute Gasteiger partial charge is 0.367 e. The quantitative estimate of drug-likeness (QED) is 0.755. The van der Waals surface area contributed by atoms with Crippen molar-refractivity contribution in [1.29, 1.82) is 0 Å². The van der Waals surface area contributed by atoms with Gasteiger partial charge in [0.1, 0.15) is 17.2 Å². The molecule has 1 heterocycles. The van der Waals surface area contributed by atoms with Crippen LogP contribution in [0.5, 0.6) is 0 Å². The van der Waals surface area contributed by atoms with E-state index in [1.165, 1.54) is 6.33 Å². The number of nitrogens with zero attached hydrogens (tertiary/aromatic N) is 2. The van der Waals surface area contributed by atoms with Gasteiger partial charge in [0.15, 0.2) is 5.15 Å². The molecule has 0 unspecified atom stereocenters. The Bertz CT molecular complexity index is 275. The SMILES string of the molecule is CC(C)Nc1ncnc(Cl)c1Cl. The molecule has 0 saturated heterocycles. The maximum Gasteiger partial charge on any atom is 0.153 e. The second-order valence-corrected chi connectivity index (χ2v) is 3.36. The summed E-state index contributed by atoms with van der Waals surface area (Å²) in [5.74, 6) is 0.576. The van der Waals surface area contributed by atoms with Gasteiger partial charge in [-0.15, -0.1) is 0 Å². The van der Waals surface area contributed by atoms with Crippen molar-refractivity contribution >= 4 is 29.0 Å². The lowest BCUT2D eigenvalue weighted by atomic mass is 10.4. The second-order valence-electron chi connectivity index (χ2n) is 2.63. The number of hydrogen-bond acceptors (Lipinski definition) is 3. The Hall–Kier alpha value is -0.540. The van der Waals surface area contributed by atoms with Crippen LogP contribution in [0.2, 0.25) is 10.2 Å². The first-order valence-electron chi connectivity index (χ1n) is 3.53. The number of anilines is 1. The molecule has 0 aromatic carbocycles. The zero-order chi connectivity index (χ0) is 9.14. The van der Waals surface area contributed by atoms with E-state index in [0.717, 1.165) is 0 Å². The Morgan fingerprint density at radius 2 is 2.00 bits per heavy atom. The molecule has 0 fully saturated rings.